The van der Waals surface area contributed by atoms with Crippen LogP contribution in [0.25, 0.3) is 0 Å². The molecule has 3 aliphatic rings. The fourth-order valence-corrected chi connectivity index (χ4v) is 4.77. The fraction of sp³-hybridized carbons (Fsp3) is 0.591. The van der Waals surface area contributed by atoms with Gasteiger partial charge in [-0.2, -0.15) is 0 Å². The van der Waals surface area contributed by atoms with Crippen molar-refractivity contribution in [3.63, 3.8) is 0 Å². The van der Waals surface area contributed by atoms with E-state index in [-0.39, 0.29) is 11.8 Å². The van der Waals surface area contributed by atoms with Crippen LogP contribution in [0.3, 0.4) is 0 Å². The Morgan fingerprint density at radius 1 is 1.13 bits per heavy atom. The van der Waals surface area contributed by atoms with Gasteiger partial charge in [-0.05, 0) is 38.4 Å². The molecule has 2 heterocycles. The Hall–Kier alpha value is -2.61. The molecule has 2 N–H and O–H groups in total. The van der Waals surface area contributed by atoms with Crippen LogP contribution in [0.5, 0.6) is 0 Å². The molecule has 1 aromatic rings. The molecule has 0 radical (unpaired) electrons. The first-order valence-electron chi connectivity index (χ1n) is 10.9. The number of hydrogen-bond donors (Lipinski definition) is 2. The van der Waals surface area contributed by atoms with Gasteiger partial charge in [-0.15, -0.1) is 0 Å². The highest BCUT2D eigenvalue weighted by Crippen LogP contribution is 2.35. The van der Waals surface area contributed by atoms with E-state index >= 15 is 0 Å². The second-order valence-corrected chi connectivity index (χ2v) is 8.71. The number of carbonyl (C=O) groups is 3. The summed E-state index contributed by atoms with van der Waals surface area (Å²) in [6.45, 7) is 5.88. The van der Waals surface area contributed by atoms with Crippen LogP contribution in [0.2, 0.25) is 0 Å². The number of anilines is 1. The van der Waals surface area contributed by atoms with Gasteiger partial charge in [0.05, 0.1) is 0 Å². The summed E-state index contributed by atoms with van der Waals surface area (Å²) >= 11 is 0. The van der Waals surface area contributed by atoms with Gasteiger partial charge in [-0.1, -0.05) is 31.0 Å². The zero-order valence-corrected chi connectivity index (χ0v) is 17.8. The topological polar surface area (TPSA) is 85.0 Å². The lowest BCUT2D eigenvalue weighted by Crippen LogP contribution is -2.50. The smallest absolute Gasteiger partial charge is 0.325 e. The molecule has 0 bridgehead atoms. The minimum Gasteiger partial charge on any atom is -0.369 e. The van der Waals surface area contributed by atoms with E-state index in [0.29, 0.717) is 19.4 Å². The highest BCUT2D eigenvalue weighted by Gasteiger charge is 2.54. The maximum Gasteiger partial charge on any atom is 0.325 e. The summed E-state index contributed by atoms with van der Waals surface area (Å²) in [4.78, 5) is 43.9. The number of nitrogens with zero attached hydrogens (tertiary/aromatic N) is 3. The van der Waals surface area contributed by atoms with E-state index in [1.54, 1.807) is 6.92 Å². The number of likely N-dealkylation sites (N-methyl/N-ethyl adjacent to an activating group) is 1. The Morgan fingerprint density at radius 3 is 2.50 bits per heavy atom. The van der Waals surface area contributed by atoms with Crippen LogP contribution < -0.4 is 15.5 Å². The van der Waals surface area contributed by atoms with E-state index in [4.69, 9.17) is 0 Å². The zero-order chi connectivity index (χ0) is 21.3. The quantitative estimate of drug-likeness (QED) is 0.711. The molecule has 0 aromatic heterocycles. The van der Waals surface area contributed by atoms with Gasteiger partial charge in [0.1, 0.15) is 11.6 Å². The lowest BCUT2D eigenvalue weighted by atomic mass is 9.97. The van der Waals surface area contributed by atoms with Crippen LogP contribution in [0.1, 0.15) is 38.2 Å². The highest BCUT2D eigenvalue weighted by atomic mass is 16.2. The maximum absolute atomic E-state index is 12.9. The van der Waals surface area contributed by atoms with E-state index in [2.05, 4.69) is 33.5 Å². The lowest BCUT2D eigenvalue weighted by Gasteiger charge is -2.35. The van der Waals surface area contributed by atoms with Gasteiger partial charge in [-0.25, -0.2) is 9.69 Å². The highest BCUT2D eigenvalue weighted by molar-refractivity contribution is 6.09. The van der Waals surface area contributed by atoms with Crippen molar-refractivity contribution in [2.45, 2.75) is 50.7 Å². The average Bonchev–Trinajstić information content (AvgIpc) is 3.31. The summed E-state index contributed by atoms with van der Waals surface area (Å²) in [7, 11) is 2.12. The van der Waals surface area contributed by atoms with Crippen LogP contribution in [0.4, 0.5) is 10.5 Å². The number of urea groups is 1. The van der Waals surface area contributed by atoms with E-state index in [1.165, 1.54) is 0 Å². The molecule has 8 heteroatoms. The van der Waals surface area contributed by atoms with E-state index < -0.39 is 17.6 Å². The van der Waals surface area contributed by atoms with Crippen LogP contribution in [-0.4, -0.2) is 72.5 Å². The van der Waals surface area contributed by atoms with Crippen molar-refractivity contribution >= 4 is 23.5 Å². The lowest BCUT2D eigenvalue weighted by molar-refractivity contribution is -0.137. The summed E-state index contributed by atoms with van der Waals surface area (Å²) in [5, 5.41) is 5.78. The Morgan fingerprint density at radius 2 is 1.80 bits per heavy atom. The number of rotatable bonds is 5. The number of carbonyl (C=O) groups excluding carboxylic acids is 3. The molecule has 2 saturated heterocycles. The zero-order valence-electron chi connectivity index (χ0n) is 17.8. The molecule has 3 fully saturated rings. The molecule has 4 amide bonds. The largest absolute Gasteiger partial charge is 0.369 e. The first-order chi connectivity index (χ1) is 14.4. The van der Waals surface area contributed by atoms with Crippen molar-refractivity contribution in [3.05, 3.63) is 29.8 Å². The molecular weight excluding hydrogens is 382 g/mol. The maximum atomic E-state index is 12.9. The third-order valence-electron chi connectivity index (χ3n) is 6.71. The van der Waals surface area contributed by atoms with E-state index in [1.807, 2.05) is 18.2 Å². The van der Waals surface area contributed by atoms with Crippen molar-refractivity contribution in [2.24, 2.45) is 0 Å². The Labute approximate surface area is 177 Å². The third kappa shape index (κ3) is 3.76. The van der Waals surface area contributed by atoms with E-state index in [0.717, 1.165) is 55.2 Å². The Bertz CT molecular complexity index is 828. The van der Waals surface area contributed by atoms with Gasteiger partial charge in [0.2, 0.25) is 5.91 Å². The molecule has 2 aliphatic heterocycles. The first-order valence-corrected chi connectivity index (χ1v) is 10.9. The van der Waals surface area contributed by atoms with Gasteiger partial charge in [0.25, 0.3) is 5.91 Å². The normalized spacial score (nSPS) is 22.5. The predicted molar refractivity (Wildman–Crippen MR) is 114 cm³/mol. The minimum atomic E-state index is -0.840. The number of amides is 4. The summed E-state index contributed by atoms with van der Waals surface area (Å²) in [5.74, 6) is -0.577. The molecule has 1 saturated carbocycles. The van der Waals surface area contributed by atoms with Gasteiger partial charge >= 0.3 is 6.03 Å². The fourth-order valence-electron chi connectivity index (χ4n) is 4.77. The number of para-hydroxylation sites is 1. The second-order valence-electron chi connectivity index (χ2n) is 8.71. The molecule has 1 unspecified atom stereocenters. The molecule has 8 nitrogen and oxygen atoms in total. The number of benzene rings is 1. The van der Waals surface area contributed by atoms with Gasteiger partial charge in [0.15, 0.2) is 0 Å². The Balaban J connectivity index is 1.40. The number of nitrogens with one attached hydrogen (secondary N) is 2. The summed E-state index contributed by atoms with van der Waals surface area (Å²) in [6.07, 6.45) is 3.15. The average molecular weight is 414 g/mol. The van der Waals surface area contributed by atoms with Crippen molar-refractivity contribution in [1.29, 1.82) is 0 Å². The molecular formula is C22H31N5O3. The minimum absolute atomic E-state index is 0.259. The monoisotopic (exact) mass is 413 g/mol. The van der Waals surface area contributed by atoms with E-state index in [9.17, 15) is 14.4 Å². The molecule has 30 heavy (non-hydrogen) atoms. The van der Waals surface area contributed by atoms with Gasteiger partial charge < -0.3 is 20.4 Å². The molecule has 1 spiro atoms. The standard InChI is InChI=1S/C22H31N5O3/c1-16(27-20(29)22(24-21(27)30)9-5-6-10-22)19(28)23-15-17-7-3-4-8-18(17)26-13-11-25(2)12-14-26/h3-4,7-8,16H,5-6,9-15H2,1-2H3,(H,23,28)(H,24,30). The molecule has 1 atom stereocenters. The van der Waals surface area contributed by atoms with Crippen LogP contribution in [-0.2, 0) is 16.1 Å². The van der Waals surface area contributed by atoms with Crippen LogP contribution in [0.15, 0.2) is 24.3 Å². The van der Waals surface area contributed by atoms with Gasteiger partial charge in [0, 0.05) is 38.4 Å². The van der Waals surface area contributed by atoms with Crippen molar-refractivity contribution in [3.8, 4) is 0 Å². The molecule has 1 aliphatic carbocycles. The third-order valence-corrected chi connectivity index (χ3v) is 6.71. The number of hydrogen-bond acceptors (Lipinski definition) is 5. The van der Waals surface area contributed by atoms with Gasteiger partial charge in [-0.3, -0.25) is 9.59 Å². The Kier molecular flexibility index (Phi) is 5.69. The van der Waals surface area contributed by atoms with Crippen molar-refractivity contribution < 1.29 is 14.4 Å². The molecule has 4 rings (SSSR count). The first kappa shape index (κ1) is 20.7. The number of piperazine rings is 1. The van der Waals surface area contributed by atoms with Crippen molar-refractivity contribution in [1.82, 2.24) is 20.4 Å². The second kappa shape index (κ2) is 8.26. The molecule has 162 valence electrons. The van der Waals surface area contributed by atoms with Crippen LogP contribution >= 0.6 is 0 Å². The predicted octanol–water partition coefficient (Wildman–Crippen LogP) is 1.31. The number of imide groups is 1. The molecule has 1 aromatic carbocycles. The van der Waals surface area contributed by atoms with Crippen LogP contribution in [0, 0.1) is 0 Å². The summed E-state index contributed by atoms with van der Waals surface area (Å²) in [5.41, 5.74) is 1.37. The summed E-state index contributed by atoms with van der Waals surface area (Å²) in [6, 6.07) is 6.77. The summed E-state index contributed by atoms with van der Waals surface area (Å²) < 4.78 is 0. The van der Waals surface area contributed by atoms with Crippen molar-refractivity contribution in [2.75, 3.05) is 38.1 Å². The SMILES string of the molecule is CC(C(=O)NCc1ccccc1N1CCN(C)CC1)N1C(=O)NC2(CCCC2)C1=O.